The number of rotatable bonds is 5. The van der Waals surface area contributed by atoms with Crippen LogP contribution in [0, 0.1) is 0 Å². The molecule has 0 saturated carbocycles. The van der Waals surface area contributed by atoms with Crippen molar-refractivity contribution < 1.29 is 9.26 Å². The summed E-state index contributed by atoms with van der Waals surface area (Å²) in [6, 6.07) is 12.5. The summed E-state index contributed by atoms with van der Waals surface area (Å²) < 4.78 is 10.9. The summed E-state index contributed by atoms with van der Waals surface area (Å²) in [5.74, 6) is 1.98. The molecule has 1 fully saturated rings. The Morgan fingerprint density at radius 2 is 2.21 bits per heavy atom. The van der Waals surface area contributed by atoms with Gasteiger partial charge in [0.05, 0.1) is 19.2 Å². The van der Waals surface area contributed by atoms with Crippen molar-refractivity contribution in [1.82, 2.24) is 15.0 Å². The van der Waals surface area contributed by atoms with E-state index in [-0.39, 0.29) is 0 Å². The van der Waals surface area contributed by atoms with E-state index in [1.807, 2.05) is 35.6 Å². The molecular weight excluding hydrogens is 322 g/mol. The van der Waals surface area contributed by atoms with Crippen LogP contribution >= 0.6 is 11.3 Å². The minimum atomic E-state index is 0.464. The second-order valence-electron chi connectivity index (χ2n) is 5.86. The van der Waals surface area contributed by atoms with Gasteiger partial charge in [-0.3, -0.25) is 4.90 Å². The average molecular weight is 341 g/mol. The maximum Gasteiger partial charge on any atom is 0.241 e. The van der Waals surface area contributed by atoms with Crippen molar-refractivity contribution in [2.45, 2.75) is 25.4 Å². The second-order valence-corrected chi connectivity index (χ2v) is 6.84. The fourth-order valence-corrected chi connectivity index (χ4v) is 4.15. The molecule has 0 bridgehead atoms. The van der Waals surface area contributed by atoms with E-state index in [0.717, 1.165) is 17.9 Å². The maximum absolute atomic E-state index is 5.49. The van der Waals surface area contributed by atoms with Gasteiger partial charge in [-0.2, -0.15) is 4.98 Å². The molecule has 6 heteroatoms. The lowest BCUT2D eigenvalue weighted by molar-refractivity contribution is 0.214. The van der Waals surface area contributed by atoms with Crippen LogP contribution in [-0.2, 0) is 6.54 Å². The number of aromatic nitrogens is 2. The minimum Gasteiger partial charge on any atom is -0.496 e. The monoisotopic (exact) mass is 341 g/mol. The average Bonchev–Trinajstić information content (AvgIpc) is 3.36. The van der Waals surface area contributed by atoms with Crippen LogP contribution in [0.15, 0.2) is 46.3 Å². The molecule has 1 aliphatic heterocycles. The van der Waals surface area contributed by atoms with E-state index in [9.17, 15) is 0 Å². The number of methoxy groups -OCH3 is 1. The van der Waals surface area contributed by atoms with Gasteiger partial charge in [0.1, 0.15) is 5.75 Å². The van der Waals surface area contributed by atoms with Gasteiger partial charge in [-0.1, -0.05) is 23.4 Å². The van der Waals surface area contributed by atoms with Crippen LogP contribution in [0.1, 0.15) is 29.7 Å². The van der Waals surface area contributed by atoms with E-state index in [0.29, 0.717) is 24.3 Å². The standard InChI is InChI=1S/C18H19N3O2S/c1-22-15-8-3-2-6-13(15)18-19-17(23-20-18)12-21-10-4-7-14(21)16-9-5-11-24-16/h2-3,5-6,8-9,11,14H,4,7,10,12H2,1H3. The molecule has 24 heavy (non-hydrogen) atoms. The highest BCUT2D eigenvalue weighted by Gasteiger charge is 2.28. The largest absolute Gasteiger partial charge is 0.496 e. The second kappa shape index (κ2) is 6.75. The van der Waals surface area contributed by atoms with Gasteiger partial charge in [-0.15, -0.1) is 11.3 Å². The predicted octanol–water partition coefficient (Wildman–Crippen LogP) is 4.14. The molecule has 1 unspecified atom stereocenters. The highest BCUT2D eigenvalue weighted by atomic mass is 32.1. The number of thiophene rings is 1. The van der Waals surface area contributed by atoms with Crippen molar-refractivity contribution in [3.63, 3.8) is 0 Å². The Hall–Kier alpha value is -2.18. The minimum absolute atomic E-state index is 0.464. The number of nitrogens with zero attached hydrogens (tertiary/aromatic N) is 3. The number of hydrogen-bond acceptors (Lipinski definition) is 6. The topological polar surface area (TPSA) is 51.4 Å². The van der Waals surface area contributed by atoms with Crippen molar-refractivity contribution in [1.29, 1.82) is 0 Å². The molecule has 4 rings (SSSR count). The molecule has 1 saturated heterocycles. The fourth-order valence-electron chi connectivity index (χ4n) is 3.25. The highest BCUT2D eigenvalue weighted by Crippen LogP contribution is 2.35. The molecule has 5 nitrogen and oxygen atoms in total. The fraction of sp³-hybridized carbons (Fsp3) is 0.333. The summed E-state index contributed by atoms with van der Waals surface area (Å²) in [7, 11) is 1.65. The smallest absolute Gasteiger partial charge is 0.241 e. The van der Waals surface area contributed by atoms with Gasteiger partial charge in [0.2, 0.25) is 11.7 Å². The molecule has 0 N–H and O–H groups in total. The van der Waals surface area contributed by atoms with Crippen LogP contribution in [0.25, 0.3) is 11.4 Å². The lowest BCUT2D eigenvalue weighted by Crippen LogP contribution is -2.22. The zero-order chi connectivity index (χ0) is 16.4. The SMILES string of the molecule is COc1ccccc1-c1noc(CN2CCCC2c2cccs2)n1. The normalized spacial score (nSPS) is 18.1. The molecule has 124 valence electrons. The summed E-state index contributed by atoms with van der Waals surface area (Å²) in [5, 5.41) is 6.27. The number of likely N-dealkylation sites (tertiary alicyclic amines) is 1. The molecule has 0 spiro atoms. The molecule has 1 atom stereocenters. The lowest BCUT2D eigenvalue weighted by atomic mass is 10.2. The zero-order valence-corrected chi connectivity index (χ0v) is 14.3. The van der Waals surface area contributed by atoms with Gasteiger partial charge in [-0.05, 0) is 43.0 Å². The van der Waals surface area contributed by atoms with Gasteiger partial charge in [0.25, 0.3) is 0 Å². The van der Waals surface area contributed by atoms with Crippen molar-refractivity contribution in [2.24, 2.45) is 0 Å². The third-order valence-electron chi connectivity index (χ3n) is 4.39. The quantitative estimate of drug-likeness (QED) is 0.698. The van der Waals surface area contributed by atoms with E-state index >= 15 is 0 Å². The van der Waals surface area contributed by atoms with Crippen LogP contribution in [0.4, 0.5) is 0 Å². The van der Waals surface area contributed by atoms with E-state index < -0.39 is 0 Å². The van der Waals surface area contributed by atoms with Gasteiger partial charge >= 0.3 is 0 Å². The summed E-state index contributed by atoms with van der Waals surface area (Å²) in [6.07, 6.45) is 2.39. The summed E-state index contributed by atoms with van der Waals surface area (Å²) in [4.78, 5) is 8.41. The van der Waals surface area contributed by atoms with Gasteiger partial charge in [0.15, 0.2) is 0 Å². The molecule has 1 aromatic carbocycles. The first-order chi connectivity index (χ1) is 11.8. The summed E-state index contributed by atoms with van der Waals surface area (Å²) in [5.41, 5.74) is 0.853. The lowest BCUT2D eigenvalue weighted by Gasteiger charge is -2.21. The molecule has 3 heterocycles. The van der Waals surface area contributed by atoms with Gasteiger partial charge in [0, 0.05) is 10.9 Å². The molecule has 0 aliphatic carbocycles. The van der Waals surface area contributed by atoms with Crippen LogP contribution in [0.5, 0.6) is 5.75 Å². The Morgan fingerprint density at radius 1 is 1.29 bits per heavy atom. The first-order valence-electron chi connectivity index (χ1n) is 8.08. The van der Waals surface area contributed by atoms with Crippen molar-refractivity contribution in [2.75, 3.05) is 13.7 Å². The first kappa shape index (κ1) is 15.4. The molecule has 0 radical (unpaired) electrons. The first-order valence-corrected chi connectivity index (χ1v) is 8.96. The Balaban J connectivity index is 1.53. The van der Waals surface area contributed by atoms with E-state index in [4.69, 9.17) is 9.26 Å². The van der Waals surface area contributed by atoms with Crippen molar-refractivity contribution in [3.8, 4) is 17.1 Å². The molecule has 3 aromatic rings. The van der Waals surface area contributed by atoms with Gasteiger partial charge in [-0.25, -0.2) is 0 Å². The van der Waals surface area contributed by atoms with E-state index in [2.05, 4.69) is 32.6 Å². The Morgan fingerprint density at radius 3 is 3.04 bits per heavy atom. The Kier molecular flexibility index (Phi) is 4.32. The van der Waals surface area contributed by atoms with Crippen molar-refractivity contribution >= 4 is 11.3 Å². The van der Waals surface area contributed by atoms with Crippen molar-refractivity contribution in [3.05, 3.63) is 52.5 Å². The number of ether oxygens (including phenoxy) is 1. The molecule has 2 aromatic heterocycles. The summed E-state index contributed by atoms with van der Waals surface area (Å²) in [6.45, 7) is 1.75. The van der Waals surface area contributed by atoms with Crippen LogP contribution in [-0.4, -0.2) is 28.7 Å². The van der Waals surface area contributed by atoms with Gasteiger partial charge < -0.3 is 9.26 Å². The maximum atomic E-state index is 5.49. The van der Waals surface area contributed by atoms with Crippen LogP contribution in [0.2, 0.25) is 0 Å². The zero-order valence-electron chi connectivity index (χ0n) is 13.5. The third-order valence-corrected chi connectivity index (χ3v) is 5.36. The Bertz CT molecular complexity index is 800. The van der Waals surface area contributed by atoms with Crippen LogP contribution < -0.4 is 4.74 Å². The van der Waals surface area contributed by atoms with E-state index in [1.165, 1.54) is 17.7 Å². The molecule has 1 aliphatic rings. The van der Waals surface area contributed by atoms with E-state index in [1.54, 1.807) is 7.11 Å². The number of benzene rings is 1. The Labute approximate surface area is 144 Å². The number of hydrogen-bond donors (Lipinski definition) is 0. The molecular formula is C18H19N3O2S. The van der Waals surface area contributed by atoms with Crippen LogP contribution in [0.3, 0.4) is 0 Å². The number of para-hydroxylation sites is 1. The molecule has 0 amide bonds. The highest BCUT2D eigenvalue weighted by molar-refractivity contribution is 7.10. The predicted molar refractivity (Wildman–Crippen MR) is 93.0 cm³/mol. The third kappa shape index (κ3) is 2.95. The summed E-state index contributed by atoms with van der Waals surface area (Å²) >= 11 is 1.82.